The Balaban J connectivity index is 2.82. The van der Waals surface area contributed by atoms with Gasteiger partial charge in [-0.2, -0.15) is 0 Å². The molecule has 1 rings (SSSR count). The van der Waals surface area contributed by atoms with E-state index in [9.17, 15) is 0 Å². The first-order valence-electron chi connectivity index (χ1n) is 3.14. The Morgan fingerprint density at radius 3 is 2.90 bits per heavy atom. The van der Waals surface area contributed by atoms with Crippen LogP contribution in [-0.4, -0.2) is 16.6 Å². The predicted molar refractivity (Wildman–Crippen MR) is 39.2 cm³/mol. The standard InChI is InChI=1S/C6H12N4/c1-8-6(7)5-3-9-4-10(5)2/h3-4,6,8H,7H2,1-2H3. The lowest BCUT2D eigenvalue weighted by molar-refractivity contribution is 0.580. The smallest absolute Gasteiger partial charge is 0.0978 e. The Hall–Kier alpha value is -0.870. The zero-order chi connectivity index (χ0) is 7.56. The topological polar surface area (TPSA) is 55.9 Å². The number of rotatable bonds is 2. The maximum Gasteiger partial charge on any atom is 0.0978 e. The van der Waals surface area contributed by atoms with E-state index in [2.05, 4.69) is 10.3 Å². The van der Waals surface area contributed by atoms with Gasteiger partial charge in [-0.3, -0.25) is 0 Å². The minimum absolute atomic E-state index is 0.118. The summed E-state index contributed by atoms with van der Waals surface area (Å²) in [5, 5.41) is 2.93. The number of nitrogens with zero attached hydrogens (tertiary/aromatic N) is 2. The second-order valence-corrected chi connectivity index (χ2v) is 2.20. The van der Waals surface area contributed by atoms with Crippen molar-refractivity contribution < 1.29 is 0 Å². The van der Waals surface area contributed by atoms with Crippen LogP contribution in [0.1, 0.15) is 11.9 Å². The highest BCUT2D eigenvalue weighted by molar-refractivity contribution is 5.02. The fourth-order valence-electron chi connectivity index (χ4n) is 0.815. The number of nitrogens with one attached hydrogen (secondary N) is 1. The van der Waals surface area contributed by atoms with Crippen LogP contribution in [0.15, 0.2) is 12.5 Å². The summed E-state index contributed by atoms with van der Waals surface area (Å²) in [7, 11) is 3.73. The van der Waals surface area contributed by atoms with Gasteiger partial charge in [0.25, 0.3) is 0 Å². The maximum atomic E-state index is 5.67. The van der Waals surface area contributed by atoms with Crippen molar-refractivity contribution in [3.63, 3.8) is 0 Å². The van der Waals surface area contributed by atoms with Crippen LogP contribution in [0, 0.1) is 0 Å². The number of aryl methyl sites for hydroxylation is 1. The van der Waals surface area contributed by atoms with Gasteiger partial charge in [-0.25, -0.2) is 4.98 Å². The van der Waals surface area contributed by atoms with Gasteiger partial charge in [-0.05, 0) is 7.05 Å². The molecule has 0 aliphatic carbocycles. The summed E-state index contributed by atoms with van der Waals surface area (Å²) in [4.78, 5) is 3.93. The molecule has 1 atom stereocenters. The van der Waals surface area contributed by atoms with Crippen LogP contribution in [0.4, 0.5) is 0 Å². The zero-order valence-corrected chi connectivity index (χ0v) is 6.20. The van der Waals surface area contributed by atoms with Gasteiger partial charge >= 0.3 is 0 Å². The monoisotopic (exact) mass is 140 g/mol. The predicted octanol–water partition coefficient (Wildman–Crippen LogP) is -0.403. The minimum atomic E-state index is -0.118. The van der Waals surface area contributed by atoms with Crippen LogP contribution in [0.25, 0.3) is 0 Å². The van der Waals surface area contributed by atoms with Crippen molar-refractivity contribution in [3.05, 3.63) is 18.2 Å². The van der Waals surface area contributed by atoms with Crippen molar-refractivity contribution in [3.8, 4) is 0 Å². The number of hydrogen-bond donors (Lipinski definition) is 2. The van der Waals surface area contributed by atoms with Crippen LogP contribution in [-0.2, 0) is 7.05 Å². The molecular weight excluding hydrogens is 128 g/mol. The highest BCUT2D eigenvalue weighted by Gasteiger charge is 2.04. The minimum Gasteiger partial charge on any atom is -0.335 e. The lowest BCUT2D eigenvalue weighted by Gasteiger charge is -2.09. The first-order chi connectivity index (χ1) is 4.75. The highest BCUT2D eigenvalue weighted by Crippen LogP contribution is 2.02. The Morgan fingerprint density at radius 1 is 1.80 bits per heavy atom. The largest absolute Gasteiger partial charge is 0.335 e. The van der Waals surface area contributed by atoms with Gasteiger partial charge in [0.1, 0.15) is 0 Å². The SMILES string of the molecule is CNC(N)c1cncn1C. The molecular formula is C6H12N4. The Labute approximate surface area is 60.1 Å². The molecule has 4 nitrogen and oxygen atoms in total. The fraction of sp³-hybridized carbons (Fsp3) is 0.500. The fourth-order valence-corrected chi connectivity index (χ4v) is 0.815. The van der Waals surface area contributed by atoms with Crippen LogP contribution < -0.4 is 11.1 Å². The summed E-state index contributed by atoms with van der Waals surface area (Å²) in [6, 6.07) is 0. The third-order valence-electron chi connectivity index (χ3n) is 1.48. The van der Waals surface area contributed by atoms with Gasteiger partial charge in [0.05, 0.1) is 24.4 Å². The molecule has 0 aliphatic rings. The molecule has 0 spiro atoms. The van der Waals surface area contributed by atoms with Gasteiger partial charge in [-0.1, -0.05) is 0 Å². The molecule has 1 heterocycles. The molecule has 0 saturated carbocycles. The van der Waals surface area contributed by atoms with Gasteiger partial charge in [-0.15, -0.1) is 0 Å². The second-order valence-electron chi connectivity index (χ2n) is 2.20. The molecule has 10 heavy (non-hydrogen) atoms. The lowest BCUT2D eigenvalue weighted by atomic mass is 10.4. The molecule has 0 saturated heterocycles. The summed E-state index contributed by atoms with van der Waals surface area (Å²) in [6.45, 7) is 0. The van der Waals surface area contributed by atoms with Crippen LogP contribution in [0.3, 0.4) is 0 Å². The van der Waals surface area contributed by atoms with Crippen molar-refractivity contribution in [2.45, 2.75) is 6.17 Å². The summed E-state index contributed by atoms with van der Waals surface area (Å²) < 4.78 is 1.89. The van der Waals surface area contributed by atoms with E-state index in [4.69, 9.17) is 5.73 Å². The first kappa shape index (κ1) is 7.24. The van der Waals surface area contributed by atoms with E-state index >= 15 is 0 Å². The number of hydrogen-bond acceptors (Lipinski definition) is 3. The van der Waals surface area contributed by atoms with Crippen molar-refractivity contribution in [2.24, 2.45) is 12.8 Å². The van der Waals surface area contributed by atoms with Gasteiger partial charge < -0.3 is 15.6 Å². The van der Waals surface area contributed by atoms with E-state index in [1.54, 1.807) is 12.5 Å². The van der Waals surface area contributed by atoms with Crippen LogP contribution in [0.2, 0.25) is 0 Å². The van der Waals surface area contributed by atoms with Gasteiger partial charge in [0.2, 0.25) is 0 Å². The number of imidazole rings is 1. The van der Waals surface area contributed by atoms with E-state index in [0.717, 1.165) is 5.69 Å². The van der Waals surface area contributed by atoms with E-state index < -0.39 is 0 Å². The highest BCUT2D eigenvalue weighted by atomic mass is 15.1. The molecule has 1 unspecified atom stereocenters. The normalized spacial score (nSPS) is 13.5. The van der Waals surface area contributed by atoms with Gasteiger partial charge in [0, 0.05) is 7.05 Å². The molecule has 1 aromatic heterocycles. The van der Waals surface area contributed by atoms with Crippen molar-refractivity contribution >= 4 is 0 Å². The van der Waals surface area contributed by atoms with E-state index in [1.165, 1.54) is 0 Å². The molecule has 0 radical (unpaired) electrons. The summed E-state index contributed by atoms with van der Waals surface area (Å²) in [5.74, 6) is 0. The quantitative estimate of drug-likeness (QED) is 0.549. The zero-order valence-electron chi connectivity index (χ0n) is 6.20. The molecule has 1 aromatic rings. The maximum absolute atomic E-state index is 5.67. The molecule has 0 fully saturated rings. The Bertz CT molecular complexity index is 205. The van der Waals surface area contributed by atoms with E-state index in [1.807, 2.05) is 18.7 Å². The van der Waals surface area contributed by atoms with E-state index in [0.29, 0.717) is 0 Å². The van der Waals surface area contributed by atoms with Crippen molar-refractivity contribution in [1.29, 1.82) is 0 Å². The third-order valence-corrected chi connectivity index (χ3v) is 1.48. The summed E-state index contributed by atoms with van der Waals surface area (Å²) in [6.07, 6.45) is 3.36. The average Bonchev–Trinajstić information content (AvgIpc) is 2.34. The van der Waals surface area contributed by atoms with Gasteiger partial charge in [0.15, 0.2) is 0 Å². The molecule has 4 heteroatoms. The van der Waals surface area contributed by atoms with E-state index in [-0.39, 0.29) is 6.17 Å². The van der Waals surface area contributed by atoms with Crippen LogP contribution in [0.5, 0.6) is 0 Å². The molecule has 0 aromatic carbocycles. The summed E-state index contributed by atoms with van der Waals surface area (Å²) >= 11 is 0. The lowest BCUT2D eigenvalue weighted by Crippen LogP contribution is -2.26. The number of nitrogens with two attached hydrogens (primary N) is 1. The molecule has 3 N–H and O–H groups in total. The first-order valence-corrected chi connectivity index (χ1v) is 3.14. The van der Waals surface area contributed by atoms with Crippen LogP contribution >= 0.6 is 0 Å². The number of aromatic nitrogens is 2. The molecule has 0 amide bonds. The molecule has 0 aliphatic heterocycles. The molecule has 56 valence electrons. The summed E-state index contributed by atoms with van der Waals surface area (Å²) in [5.41, 5.74) is 6.66. The molecule has 0 bridgehead atoms. The second kappa shape index (κ2) is 2.81. The Morgan fingerprint density at radius 2 is 2.50 bits per heavy atom. The Kier molecular flexibility index (Phi) is 2.03. The third kappa shape index (κ3) is 1.17. The van der Waals surface area contributed by atoms with Crippen molar-refractivity contribution in [2.75, 3.05) is 7.05 Å². The van der Waals surface area contributed by atoms with Crippen molar-refractivity contribution in [1.82, 2.24) is 14.9 Å². The average molecular weight is 140 g/mol.